The Morgan fingerprint density at radius 2 is 2.06 bits per heavy atom. The number of Topliss-reactive ketones (excluding diaryl/α,β-unsaturated/α-hetero) is 1. The maximum atomic E-state index is 13.3. The van der Waals surface area contributed by atoms with Gasteiger partial charge in [-0.3, -0.25) is 4.79 Å². The smallest absolute Gasteiger partial charge is 0.224 e. The summed E-state index contributed by atoms with van der Waals surface area (Å²) in [6, 6.07) is 1.92. The van der Waals surface area contributed by atoms with Crippen LogP contribution in [0.1, 0.15) is 19.8 Å². The van der Waals surface area contributed by atoms with Crippen LogP contribution in [-0.2, 0) is 9.59 Å². The Balaban J connectivity index is 2.71. The number of anilines is 1. The van der Waals surface area contributed by atoms with Crippen LogP contribution >= 0.6 is 11.6 Å². The van der Waals surface area contributed by atoms with E-state index < -0.39 is 17.5 Å². The highest BCUT2D eigenvalue weighted by Crippen LogP contribution is 2.29. The first-order chi connectivity index (χ1) is 7.90. The highest BCUT2D eigenvalue weighted by molar-refractivity contribution is 6.32. The molecular formula is C11H11ClFNO3. The number of carbonyl (C=O) groups excluding carboxylic acids is 2. The largest absolute Gasteiger partial charge is 0.506 e. The number of ketones is 1. The molecule has 0 heterocycles. The second-order valence-electron chi connectivity index (χ2n) is 3.53. The van der Waals surface area contributed by atoms with E-state index in [1.165, 1.54) is 6.92 Å². The minimum absolute atomic E-state index is 0.0206. The first-order valence-corrected chi connectivity index (χ1v) is 5.25. The molecule has 0 fully saturated rings. The Morgan fingerprint density at radius 3 is 2.65 bits per heavy atom. The number of nitrogens with one attached hydrogen (secondary N) is 1. The van der Waals surface area contributed by atoms with Gasteiger partial charge in [-0.15, -0.1) is 0 Å². The highest BCUT2D eigenvalue weighted by atomic mass is 35.5. The van der Waals surface area contributed by atoms with Crippen molar-refractivity contribution in [3.05, 3.63) is 23.0 Å². The lowest BCUT2D eigenvalue weighted by Crippen LogP contribution is -2.13. The molecule has 17 heavy (non-hydrogen) atoms. The maximum absolute atomic E-state index is 13.3. The number of aromatic hydroxyl groups is 1. The number of phenols is 1. The van der Waals surface area contributed by atoms with E-state index in [4.69, 9.17) is 16.7 Å². The van der Waals surface area contributed by atoms with E-state index in [9.17, 15) is 14.0 Å². The summed E-state index contributed by atoms with van der Waals surface area (Å²) in [6.45, 7) is 1.37. The van der Waals surface area contributed by atoms with Crippen LogP contribution in [0.4, 0.5) is 10.1 Å². The van der Waals surface area contributed by atoms with Gasteiger partial charge in [0, 0.05) is 18.9 Å². The summed E-state index contributed by atoms with van der Waals surface area (Å²) in [7, 11) is 0. The molecule has 1 aromatic carbocycles. The van der Waals surface area contributed by atoms with Gasteiger partial charge < -0.3 is 15.2 Å². The molecule has 0 spiro atoms. The van der Waals surface area contributed by atoms with E-state index in [2.05, 4.69) is 5.32 Å². The van der Waals surface area contributed by atoms with Gasteiger partial charge in [-0.1, -0.05) is 11.6 Å². The van der Waals surface area contributed by atoms with E-state index in [1.54, 1.807) is 0 Å². The summed E-state index contributed by atoms with van der Waals surface area (Å²) in [5.74, 6) is -1.79. The summed E-state index contributed by atoms with van der Waals surface area (Å²) < 4.78 is 13.3. The van der Waals surface area contributed by atoms with E-state index in [0.29, 0.717) is 0 Å². The molecule has 4 nitrogen and oxygen atoms in total. The molecule has 0 saturated heterocycles. The lowest BCUT2D eigenvalue weighted by Gasteiger charge is -2.07. The van der Waals surface area contributed by atoms with Crippen LogP contribution in [0.3, 0.4) is 0 Å². The molecule has 0 bridgehead atoms. The fourth-order valence-corrected chi connectivity index (χ4v) is 1.30. The SMILES string of the molecule is CC(=O)CCC(=O)Nc1cc(Cl)c(O)cc1F. The molecule has 0 saturated carbocycles. The molecule has 0 unspecified atom stereocenters. The zero-order valence-electron chi connectivity index (χ0n) is 9.09. The number of phenolic OH excluding ortho intramolecular Hbond substituents is 1. The molecule has 2 N–H and O–H groups in total. The highest BCUT2D eigenvalue weighted by Gasteiger charge is 2.11. The molecule has 0 aliphatic rings. The van der Waals surface area contributed by atoms with Crippen molar-refractivity contribution in [3.63, 3.8) is 0 Å². The first kappa shape index (κ1) is 13.4. The van der Waals surface area contributed by atoms with Crippen LogP contribution in [0, 0.1) is 5.82 Å². The van der Waals surface area contributed by atoms with Gasteiger partial charge >= 0.3 is 0 Å². The fraction of sp³-hybridized carbons (Fsp3) is 0.273. The maximum Gasteiger partial charge on any atom is 0.224 e. The molecule has 1 amide bonds. The van der Waals surface area contributed by atoms with Gasteiger partial charge in [0.2, 0.25) is 5.91 Å². The minimum atomic E-state index is -0.789. The number of rotatable bonds is 4. The fourth-order valence-electron chi connectivity index (χ4n) is 1.13. The Labute approximate surface area is 102 Å². The predicted molar refractivity (Wildman–Crippen MR) is 61.6 cm³/mol. The molecular weight excluding hydrogens is 249 g/mol. The van der Waals surface area contributed by atoms with E-state index >= 15 is 0 Å². The molecule has 1 rings (SSSR count). The predicted octanol–water partition coefficient (Wildman–Crippen LogP) is 2.49. The summed E-state index contributed by atoms with van der Waals surface area (Å²) in [5.41, 5.74) is -0.124. The van der Waals surface area contributed by atoms with Crippen LogP contribution in [0.15, 0.2) is 12.1 Å². The molecule has 92 valence electrons. The van der Waals surface area contributed by atoms with Crippen molar-refractivity contribution in [2.75, 3.05) is 5.32 Å². The van der Waals surface area contributed by atoms with Crippen molar-refractivity contribution in [1.29, 1.82) is 0 Å². The summed E-state index contributed by atoms with van der Waals surface area (Å²) >= 11 is 5.57. The van der Waals surface area contributed by atoms with Crippen molar-refractivity contribution in [2.45, 2.75) is 19.8 Å². The van der Waals surface area contributed by atoms with Gasteiger partial charge in [-0.2, -0.15) is 0 Å². The second kappa shape index (κ2) is 5.63. The number of benzene rings is 1. The molecule has 1 aromatic rings. The monoisotopic (exact) mass is 259 g/mol. The molecule has 0 atom stereocenters. The van der Waals surface area contributed by atoms with E-state index in [-0.39, 0.29) is 29.3 Å². The number of halogens is 2. The topological polar surface area (TPSA) is 66.4 Å². The van der Waals surface area contributed by atoms with Crippen molar-refractivity contribution in [1.82, 2.24) is 0 Å². The van der Waals surface area contributed by atoms with Gasteiger partial charge in [0.15, 0.2) is 0 Å². The molecule has 0 aliphatic carbocycles. The zero-order valence-corrected chi connectivity index (χ0v) is 9.84. The summed E-state index contributed by atoms with van der Waals surface area (Å²) in [6.07, 6.45) is 0.0759. The van der Waals surface area contributed by atoms with Gasteiger partial charge in [-0.05, 0) is 13.0 Å². The number of carbonyl (C=O) groups is 2. The third-order valence-corrected chi connectivity index (χ3v) is 2.32. The van der Waals surface area contributed by atoms with Crippen molar-refractivity contribution in [2.24, 2.45) is 0 Å². The zero-order chi connectivity index (χ0) is 13.0. The number of hydrogen-bond acceptors (Lipinski definition) is 3. The molecule has 0 aromatic heterocycles. The Kier molecular flexibility index (Phi) is 4.45. The standard InChI is InChI=1S/C11H11ClFNO3/c1-6(15)2-3-11(17)14-9-4-7(12)10(16)5-8(9)13/h4-5,16H,2-3H2,1H3,(H,14,17). The summed E-state index contributed by atoms with van der Waals surface area (Å²) in [4.78, 5) is 22.0. The average molecular weight is 260 g/mol. The van der Waals surface area contributed by atoms with Crippen LogP contribution in [-0.4, -0.2) is 16.8 Å². The van der Waals surface area contributed by atoms with Gasteiger partial charge in [0.05, 0.1) is 10.7 Å². The average Bonchev–Trinajstić information content (AvgIpc) is 2.23. The van der Waals surface area contributed by atoms with Crippen molar-refractivity contribution >= 4 is 29.0 Å². The number of hydrogen-bond donors (Lipinski definition) is 2. The van der Waals surface area contributed by atoms with Crippen LogP contribution in [0.5, 0.6) is 5.75 Å². The minimum Gasteiger partial charge on any atom is -0.506 e. The third-order valence-electron chi connectivity index (χ3n) is 2.01. The Bertz CT molecular complexity index is 462. The molecule has 0 radical (unpaired) electrons. The summed E-state index contributed by atoms with van der Waals surface area (Å²) in [5, 5.41) is 11.3. The van der Waals surface area contributed by atoms with Crippen molar-refractivity contribution in [3.8, 4) is 5.75 Å². The molecule has 0 aliphatic heterocycles. The van der Waals surface area contributed by atoms with Crippen LogP contribution in [0.25, 0.3) is 0 Å². The second-order valence-corrected chi connectivity index (χ2v) is 3.94. The van der Waals surface area contributed by atoms with Crippen LogP contribution in [0.2, 0.25) is 5.02 Å². The van der Waals surface area contributed by atoms with Crippen LogP contribution < -0.4 is 5.32 Å². The quantitative estimate of drug-likeness (QED) is 0.817. The lowest BCUT2D eigenvalue weighted by molar-refractivity contribution is -0.121. The van der Waals surface area contributed by atoms with E-state index in [0.717, 1.165) is 12.1 Å². The van der Waals surface area contributed by atoms with Gasteiger partial charge in [0.1, 0.15) is 17.3 Å². The number of amides is 1. The van der Waals surface area contributed by atoms with Gasteiger partial charge in [0.25, 0.3) is 0 Å². The van der Waals surface area contributed by atoms with Crippen molar-refractivity contribution < 1.29 is 19.1 Å². The third kappa shape index (κ3) is 4.03. The normalized spacial score (nSPS) is 10.1. The lowest BCUT2D eigenvalue weighted by atomic mass is 10.2. The Hall–Kier alpha value is -1.62. The molecule has 6 heteroatoms. The van der Waals surface area contributed by atoms with E-state index in [1.807, 2.05) is 0 Å². The first-order valence-electron chi connectivity index (χ1n) is 4.87. The van der Waals surface area contributed by atoms with Gasteiger partial charge in [-0.25, -0.2) is 4.39 Å². The Morgan fingerprint density at radius 1 is 1.41 bits per heavy atom.